The monoisotopic (exact) mass is 289 g/mol. The van der Waals surface area contributed by atoms with Crippen LogP contribution in [0.15, 0.2) is 18.2 Å². The van der Waals surface area contributed by atoms with Crippen LogP contribution in [0.5, 0.6) is 5.75 Å². The fourth-order valence-corrected chi connectivity index (χ4v) is 1.26. The van der Waals surface area contributed by atoms with E-state index in [1.165, 1.54) is 6.92 Å². The van der Waals surface area contributed by atoms with E-state index in [9.17, 15) is 22.4 Å². The van der Waals surface area contributed by atoms with Crippen LogP contribution in [-0.4, -0.2) is 18.8 Å². The summed E-state index contributed by atoms with van der Waals surface area (Å²) in [6.45, 7) is 1.62. The summed E-state index contributed by atoms with van der Waals surface area (Å²) in [7, 11) is 0. The molecule has 7 heteroatoms. The molecule has 0 spiro atoms. The summed E-state index contributed by atoms with van der Waals surface area (Å²) in [5.41, 5.74) is -0.199. The Bertz CT molecular complexity index is 544. The fourth-order valence-electron chi connectivity index (χ4n) is 1.26. The van der Waals surface area contributed by atoms with E-state index < -0.39 is 17.9 Å². The molecule has 0 saturated heterocycles. The molecule has 108 valence electrons. The van der Waals surface area contributed by atoms with E-state index in [1.54, 1.807) is 0 Å². The first-order chi connectivity index (χ1) is 9.28. The highest BCUT2D eigenvalue weighted by molar-refractivity contribution is 5.72. The summed E-state index contributed by atoms with van der Waals surface area (Å²) in [5, 5.41) is 2.48. The molecular weight excluding hydrogens is 278 g/mol. The summed E-state index contributed by atoms with van der Waals surface area (Å²) in [6.07, 6.45) is -4.59. The van der Waals surface area contributed by atoms with Crippen LogP contribution in [0.1, 0.15) is 18.9 Å². The Kier molecular flexibility index (Phi) is 5.38. The summed E-state index contributed by atoms with van der Waals surface area (Å²) in [6, 6.07) is 2.58. The molecule has 0 saturated carbocycles. The van der Waals surface area contributed by atoms with Gasteiger partial charge in [0.25, 0.3) is 0 Å². The Balaban J connectivity index is 2.72. The number of benzene rings is 1. The average molecular weight is 289 g/mol. The predicted octanol–water partition coefficient (Wildman–Crippen LogP) is 2.60. The number of hydrogen-bond donors (Lipinski definition) is 1. The standard InChI is InChI=1S/C13H11F4NO2/c1-9(19)18-7-3-2-4-10-8-11(5-6-12(10)14)20-13(15,16)17/h5-6,8H,3,7H2,1H3,(H,18,19). The van der Waals surface area contributed by atoms with Crippen molar-refractivity contribution in [1.82, 2.24) is 5.32 Å². The maximum atomic E-state index is 13.3. The highest BCUT2D eigenvalue weighted by Gasteiger charge is 2.31. The number of amides is 1. The molecule has 0 heterocycles. The molecule has 0 atom stereocenters. The highest BCUT2D eigenvalue weighted by atomic mass is 19.4. The SMILES string of the molecule is CC(=O)NCCC#Cc1cc(OC(F)(F)F)ccc1F. The van der Waals surface area contributed by atoms with Crippen LogP contribution in [0.2, 0.25) is 0 Å². The lowest BCUT2D eigenvalue weighted by Gasteiger charge is -2.08. The topological polar surface area (TPSA) is 38.3 Å². The molecule has 1 amide bonds. The lowest BCUT2D eigenvalue weighted by atomic mass is 10.2. The smallest absolute Gasteiger partial charge is 0.406 e. The number of rotatable bonds is 3. The quantitative estimate of drug-likeness (QED) is 0.528. The summed E-state index contributed by atoms with van der Waals surface area (Å²) >= 11 is 0. The van der Waals surface area contributed by atoms with Gasteiger partial charge in [0.2, 0.25) is 5.91 Å². The van der Waals surface area contributed by atoms with E-state index in [1.807, 2.05) is 0 Å². The minimum absolute atomic E-state index is 0.199. The van der Waals surface area contributed by atoms with Gasteiger partial charge in [-0.3, -0.25) is 4.79 Å². The second kappa shape index (κ2) is 6.80. The second-order valence-corrected chi connectivity index (χ2v) is 3.72. The van der Waals surface area contributed by atoms with Gasteiger partial charge in [0.1, 0.15) is 11.6 Å². The third-order valence-corrected chi connectivity index (χ3v) is 2.02. The first-order valence-electron chi connectivity index (χ1n) is 5.56. The molecular formula is C13H11F4NO2. The number of carbonyl (C=O) groups excluding carboxylic acids is 1. The minimum atomic E-state index is -4.84. The van der Waals surface area contributed by atoms with E-state index >= 15 is 0 Å². The van der Waals surface area contributed by atoms with Crippen LogP contribution < -0.4 is 10.1 Å². The lowest BCUT2D eigenvalue weighted by molar-refractivity contribution is -0.274. The Hall–Kier alpha value is -2.23. The summed E-state index contributed by atoms with van der Waals surface area (Å²) < 4.78 is 53.0. The normalized spacial score (nSPS) is 10.4. The molecule has 20 heavy (non-hydrogen) atoms. The van der Waals surface area contributed by atoms with Gasteiger partial charge < -0.3 is 10.1 Å². The lowest BCUT2D eigenvalue weighted by Crippen LogP contribution is -2.20. The molecule has 0 fully saturated rings. The molecule has 0 unspecified atom stereocenters. The third-order valence-electron chi connectivity index (χ3n) is 2.02. The van der Waals surface area contributed by atoms with Gasteiger partial charge in [-0.15, -0.1) is 13.2 Å². The molecule has 3 nitrogen and oxygen atoms in total. The van der Waals surface area contributed by atoms with E-state index in [2.05, 4.69) is 21.9 Å². The van der Waals surface area contributed by atoms with E-state index in [-0.39, 0.29) is 24.4 Å². The molecule has 0 radical (unpaired) electrons. The molecule has 0 aliphatic heterocycles. The van der Waals surface area contributed by atoms with Gasteiger partial charge >= 0.3 is 6.36 Å². The van der Waals surface area contributed by atoms with Gasteiger partial charge in [0.15, 0.2) is 0 Å². The van der Waals surface area contributed by atoms with Crippen LogP contribution in [-0.2, 0) is 4.79 Å². The van der Waals surface area contributed by atoms with Crippen molar-refractivity contribution in [2.75, 3.05) is 6.54 Å². The van der Waals surface area contributed by atoms with Crippen LogP contribution in [0.3, 0.4) is 0 Å². The van der Waals surface area contributed by atoms with Crippen LogP contribution >= 0.6 is 0 Å². The molecule has 1 aromatic carbocycles. The zero-order chi connectivity index (χ0) is 15.2. The zero-order valence-corrected chi connectivity index (χ0v) is 10.5. The Labute approximate surface area is 112 Å². The number of alkyl halides is 3. The average Bonchev–Trinajstić information content (AvgIpc) is 2.30. The van der Waals surface area contributed by atoms with Gasteiger partial charge in [-0.1, -0.05) is 11.8 Å². The fraction of sp³-hybridized carbons (Fsp3) is 0.308. The third kappa shape index (κ3) is 6.09. The van der Waals surface area contributed by atoms with Crippen molar-refractivity contribution in [3.8, 4) is 17.6 Å². The van der Waals surface area contributed by atoms with Crippen molar-refractivity contribution in [1.29, 1.82) is 0 Å². The van der Waals surface area contributed by atoms with E-state index in [4.69, 9.17) is 0 Å². The Morgan fingerprint density at radius 2 is 2.10 bits per heavy atom. The van der Waals surface area contributed by atoms with Gasteiger partial charge in [-0.05, 0) is 18.2 Å². The highest BCUT2D eigenvalue weighted by Crippen LogP contribution is 2.24. The molecule has 1 N–H and O–H groups in total. The van der Waals surface area contributed by atoms with Crippen molar-refractivity contribution in [3.63, 3.8) is 0 Å². The van der Waals surface area contributed by atoms with Crippen molar-refractivity contribution >= 4 is 5.91 Å². The van der Waals surface area contributed by atoms with Crippen LogP contribution in [0, 0.1) is 17.7 Å². The molecule has 0 bridgehead atoms. The molecule has 0 aromatic heterocycles. The number of hydrogen-bond acceptors (Lipinski definition) is 2. The second-order valence-electron chi connectivity index (χ2n) is 3.72. The number of carbonyl (C=O) groups is 1. The maximum absolute atomic E-state index is 13.3. The van der Waals surface area contributed by atoms with Crippen LogP contribution in [0.25, 0.3) is 0 Å². The maximum Gasteiger partial charge on any atom is 0.573 e. The molecule has 1 rings (SSSR count). The first kappa shape index (κ1) is 15.8. The van der Waals surface area contributed by atoms with Crippen molar-refractivity contribution in [3.05, 3.63) is 29.6 Å². The largest absolute Gasteiger partial charge is 0.573 e. The van der Waals surface area contributed by atoms with Gasteiger partial charge in [-0.25, -0.2) is 4.39 Å². The van der Waals surface area contributed by atoms with Gasteiger partial charge in [0, 0.05) is 19.9 Å². The predicted molar refractivity (Wildman–Crippen MR) is 63.3 cm³/mol. The summed E-state index contributed by atoms with van der Waals surface area (Å²) in [4.78, 5) is 10.6. The minimum Gasteiger partial charge on any atom is -0.406 e. The Morgan fingerprint density at radius 1 is 1.40 bits per heavy atom. The first-order valence-corrected chi connectivity index (χ1v) is 5.56. The number of halogens is 4. The number of ether oxygens (including phenoxy) is 1. The van der Waals surface area contributed by atoms with Crippen molar-refractivity contribution in [2.45, 2.75) is 19.7 Å². The molecule has 1 aromatic rings. The van der Waals surface area contributed by atoms with E-state index in [0.29, 0.717) is 0 Å². The van der Waals surface area contributed by atoms with Crippen molar-refractivity contribution < 1.29 is 27.1 Å². The molecule has 0 aliphatic carbocycles. The van der Waals surface area contributed by atoms with Crippen LogP contribution in [0.4, 0.5) is 17.6 Å². The Morgan fingerprint density at radius 3 is 2.70 bits per heavy atom. The summed E-state index contributed by atoms with van der Waals surface area (Å²) in [5.74, 6) is 3.43. The van der Waals surface area contributed by atoms with Gasteiger partial charge in [0.05, 0.1) is 5.56 Å². The van der Waals surface area contributed by atoms with Gasteiger partial charge in [-0.2, -0.15) is 0 Å². The zero-order valence-electron chi connectivity index (χ0n) is 10.5. The van der Waals surface area contributed by atoms with Crippen molar-refractivity contribution in [2.24, 2.45) is 0 Å². The number of nitrogens with one attached hydrogen (secondary N) is 1. The van der Waals surface area contributed by atoms with E-state index in [0.717, 1.165) is 18.2 Å². The molecule has 0 aliphatic rings.